The molecule has 0 aliphatic carbocycles. The summed E-state index contributed by atoms with van der Waals surface area (Å²) in [5, 5.41) is 3.02. The van der Waals surface area contributed by atoms with Crippen LogP contribution in [0.3, 0.4) is 0 Å². The van der Waals surface area contributed by atoms with Gasteiger partial charge in [0.15, 0.2) is 5.82 Å². The Hall–Kier alpha value is -1.36. The fraction of sp³-hybridized carbons (Fsp3) is 0.750. The van der Waals surface area contributed by atoms with Gasteiger partial charge < -0.3 is 14.8 Å². The first-order chi connectivity index (χ1) is 10.3. The minimum absolute atomic E-state index is 0.416. The Morgan fingerprint density at radius 1 is 1.05 bits per heavy atom. The highest BCUT2D eigenvalue weighted by molar-refractivity contribution is 5.37. The molecule has 21 heavy (non-hydrogen) atoms. The Morgan fingerprint density at radius 2 is 1.81 bits per heavy atom. The molecule has 0 saturated heterocycles. The van der Waals surface area contributed by atoms with Crippen LogP contribution in [0.15, 0.2) is 6.07 Å². The van der Waals surface area contributed by atoms with Crippen molar-refractivity contribution in [2.24, 2.45) is 0 Å². The number of hydrogen-bond donors (Lipinski definition) is 1. The highest BCUT2D eigenvalue weighted by Crippen LogP contribution is 2.14. The van der Waals surface area contributed by atoms with Gasteiger partial charge in [0.05, 0.1) is 6.61 Å². The van der Waals surface area contributed by atoms with Gasteiger partial charge in [-0.3, -0.25) is 0 Å². The zero-order chi connectivity index (χ0) is 15.3. The third kappa shape index (κ3) is 7.85. The van der Waals surface area contributed by atoms with E-state index in [9.17, 15) is 0 Å². The second kappa shape index (κ2) is 11.3. The highest BCUT2D eigenvalue weighted by atomic mass is 16.5. The van der Waals surface area contributed by atoms with Crippen LogP contribution < -0.4 is 10.1 Å². The van der Waals surface area contributed by atoms with Gasteiger partial charge in [0, 0.05) is 19.7 Å². The molecule has 0 bridgehead atoms. The molecule has 120 valence electrons. The lowest BCUT2D eigenvalue weighted by Crippen LogP contribution is -2.06. The van der Waals surface area contributed by atoms with Gasteiger partial charge in [-0.15, -0.1) is 0 Å². The van der Waals surface area contributed by atoms with Crippen molar-refractivity contribution >= 4 is 5.82 Å². The minimum atomic E-state index is 0.416. The summed E-state index contributed by atoms with van der Waals surface area (Å²) in [6.07, 6.45) is 7.52. The number of ether oxygens (including phenoxy) is 2. The van der Waals surface area contributed by atoms with E-state index in [0.717, 1.165) is 12.2 Å². The molecule has 0 unspecified atom stereocenters. The summed E-state index contributed by atoms with van der Waals surface area (Å²) in [4.78, 5) is 8.71. The first kappa shape index (κ1) is 17.7. The monoisotopic (exact) mass is 295 g/mol. The van der Waals surface area contributed by atoms with Gasteiger partial charge in [-0.1, -0.05) is 39.0 Å². The van der Waals surface area contributed by atoms with Gasteiger partial charge in [0.1, 0.15) is 12.4 Å². The fourth-order valence-corrected chi connectivity index (χ4v) is 1.99. The predicted molar refractivity (Wildman–Crippen MR) is 85.8 cm³/mol. The summed E-state index contributed by atoms with van der Waals surface area (Å²) >= 11 is 0. The van der Waals surface area contributed by atoms with Crippen LogP contribution in [0, 0.1) is 0 Å². The molecule has 0 saturated carbocycles. The molecule has 1 aromatic heterocycles. The van der Waals surface area contributed by atoms with Crippen LogP contribution in [-0.2, 0) is 11.3 Å². The van der Waals surface area contributed by atoms with Gasteiger partial charge in [0.25, 0.3) is 0 Å². The van der Waals surface area contributed by atoms with E-state index in [2.05, 4.69) is 22.2 Å². The number of unbranched alkanes of at least 4 members (excludes halogenated alkanes) is 5. The molecule has 0 spiro atoms. The van der Waals surface area contributed by atoms with Crippen LogP contribution in [0.1, 0.15) is 58.2 Å². The quantitative estimate of drug-likeness (QED) is 0.594. The first-order valence-electron chi connectivity index (χ1n) is 8.06. The Labute approximate surface area is 128 Å². The van der Waals surface area contributed by atoms with E-state index in [1.54, 1.807) is 0 Å². The molecule has 1 N–H and O–H groups in total. The highest BCUT2D eigenvalue weighted by Gasteiger charge is 2.05. The molecule has 5 nitrogen and oxygen atoms in total. The van der Waals surface area contributed by atoms with Crippen molar-refractivity contribution in [3.05, 3.63) is 11.9 Å². The van der Waals surface area contributed by atoms with Crippen molar-refractivity contribution in [2.75, 3.05) is 25.6 Å². The third-order valence-electron chi connectivity index (χ3n) is 3.19. The number of aromatic nitrogens is 2. The molecular weight excluding hydrogens is 266 g/mol. The largest absolute Gasteiger partial charge is 0.478 e. The van der Waals surface area contributed by atoms with Gasteiger partial charge >= 0.3 is 0 Å². The van der Waals surface area contributed by atoms with E-state index in [0.29, 0.717) is 31.5 Å². The molecule has 0 aromatic carbocycles. The molecule has 0 amide bonds. The van der Waals surface area contributed by atoms with Crippen molar-refractivity contribution < 1.29 is 9.47 Å². The average Bonchev–Trinajstić information content (AvgIpc) is 2.51. The Balaban J connectivity index is 2.35. The maximum atomic E-state index is 5.73. The average molecular weight is 295 g/mol. The van der Waals surface area contributed by atoms with Gasteiger partial charge in [-0.05, 0) is 13.3 Å². The molecule has 0 aliphatic heterocycles. The lowest BCUT2D eigenvalue weighted by Gasteiger charge is -2.09. The Morgan fingerprint density at radius 3 is 2.52 bits per heavy atom. The zero-order valence-electron chi connectivity index (χ0n) is 13.7. The van der Waals surface area contributed by atoms with Crippen molar-refractivity contribution in [3.8, 4) is 5.88 Å². The van der Waals surface area contributed by atoms with Crippen molar-refractivity contribution in [2.45, 2.75) is 59.0 Å². The topological polar surface area (TPSA) is 56.3 Å². The zero-order valence-corrected chi connectivity index (χ0v) is 13.7. The molecule has 1 heterocycles. The van der Waals surface area contributed by atoms with Crippen molar-refractivity contribution in [1.29, 1.82) is 0 Å². The van der Waals surface area contributed by atoms with Crippen LogP contribution in [-0.4, -0.2) is 30.2 Å². The van der Waals surface area contributed by atoms with E-state index >= 15 is 0 Å². The summed E-state index contributed by atoms with van der Waals surface area (Å²) in [5.41, 5.74) is 0. The number of rotatable bonds is 12. The van der Waals surface area contributed by atoms with Crippen LogP contribution >= 0.6 is 0 Å². The van der Waals surface area contributed by atoms with Crippen LogP contribution in [0.5, 0.6) is 5.88 Å². The van der Waals surface area contributed by atoms with Crippen molar-refractivity contribution in [1.82, 2.24) is 9.97 Å². The molecule has 0 fully saturated rings. The molecule has 1 aromatic rings. The second-order valence-electron chi connectivity index (χ2n) is 5.01. The summed E-state index contributed by atoms with van der Waals surface area (Å²) in [6, 6.07) is 1.83. The number of hydrogen-bond acceptors (Lipinski definition) is 5. The maximum absolute atomic E-state index is 5.73. The lowest BCUT2D eigenvalue weighted by atomic mass is 10.1. The number of nitrogens with zero attached hydrogens (tertiary/aromatic N) is 2. The van der Waals surface area contributed by atoms with Crippen LogP contribution in [0.4, 0.5) is 5.82 Å². The molecular formula is C16H29N3O2. The summed E-state index contributed by atoms with van der Waals surface area (Å²) in [5.74, 6) is 2.04. The first-order valence-corrected chi connectivity index (χ1v) is 8.06. The Kier molecular flexibility index (Phi) is 9.53. The molecule has 0 radical (unpaired) electrons. The SMILES string of the molecule is CCCCCCCCOc1cc(NC)nc(COCC)n1. The summed E-state index contributed by atoms with van der Waals surface area (Å²) in [6.45, 7) is 5.97. The fourth-order valence-electron chi connectivity index (χ4n) is 1.99. The predicted octanol–water partition coefficient (Wildman–Crippen LogP) is 3.79. The van der Waals surface area contributed by atoms with Gasteiger partial charge in [-0.2, -0.15) is 4.98 Å². The van der Waals surface area contributed by atoms with Gasteiger partial charge in [-0.25, -0.2) is 4.98 Å². The summed E-state index contributed by atoms with van der Waals surface area (Å²) in [7, 11) is 1.84. The molecule has 0 atom stereocenters. The Bertz CT molecular complexity index is 386. The lowest BCUT2D eigenvalue weighted by molar-refractivity contribution is 0.127. The van der Waals surface area contributed by atoms with E-state index in [1.165, 1.54) is 32.1 Å². The van der Waals surface area contributed by atoms with E-state index in [1.807, 2.05) is 20.0 Å². The third-order valence-corrected chi connectivity index (χ3v) is 3.19. The van der Waals surface area contributed by atoms with E-state index < -0.39 is 0 Å². The summed E-state index contributed by atoms with van der Waals surface area (Å²) < 4.78 is 11.1. The van der Waals surface area contributed by atoms with Gasteiger partial charge in [0.2, 0.25) is 5.88 Å². The van der Waals surface area contributed by atoms with Crippen molar-refractivity contribution in [3.63, 3.8) is 0 Å². The standard InChI is InChI=1S/C16H29N3O2/c1-4-6-7-8-9-10-11-21-16-12-14(17-3)18-15(19-16)13-20-5-2/h12H,4-11,13H2,1-3H3,(H,17,18,19). The van der Waals surface area contributed by atoms with Crippen LogP contribution in [0.25, 0.3) is 0 Å². The van der Waals surface area contributed by atoms with E-state index in [4.69, 9.17) is 9.47 Å². The minimum Gasteiger partial charge on any atom is -0.478 e. The molecule has 0 aliphatic rings. The molecule has 1 rings (SSSR count). The maximum Gasteiger partial charge on any atom is 0.218 e. The van der Waals surface area contributed by atoms with E-state index in [-0.39, 0.29) is 0 Å². The molecule has 5 heteroatoms. The number of anilines is 1. The number of nitrogens with one attached hydrogen (secondary N) is 1. The van der Waals surface area contributed by atoms with Crippen LogP contribution in [0.2, 0.25) is 0 Å². The smallest absolute Gasteiger partial charge is 0.218 e. The second-order valence-corrected chi connectivity index (χ2v) is 5.01. The normalized spacial score (nSPS) is 10.6.